The lowest BCUT2D eigenvalue weighted by Crippen LogP contribution is -2.17. The molecular weight excluding hydrogens is 581 g/mol. The topological polar surface area (TPSA) is 8.17 Å². The van der Waals surface area contributed by atoms with Gasteiger partial charge in [-0.15, -0.1) is 0 Å². The lowest BCUT2D eigenvalue weighted by molar-refractivity contribution is 0.443. The summed E-state index contributed by atoms with van der Waals surface area (Å²) in [6, 6.07) is 40.0. The van der Waals surface area contributed by atoms with Crippen LogP contribution >= 0.6 is 0 Å². The highest BCUT2D eigenvalue weighted by Gasteiger charge is 2.39. The van der Waals surface area contributed by atoms with Crippen LogP contribution in [-0.4, -0.2) is 4.57 Å². The molecule has 2 heteroatoms. The van der Waals surface area contributed by atoms with E-state index in [1.807, 2.05) is 0 Å². The fourth-order valence-electron chi connectivity index (χ4n) is 9.80. The van der Waals surface area contributed by atoms with Crippen LogP contribution in [0.15, 0.2) is 103 Å². The summed E-state index contributed by atoms with van der Waals surface area (Å²) in [5, 5.41) is 2.69. The molecule has 6 aromatic rings. The van der Waals surface area contributed by atoms with Gasteiger partial charge in [0, 0.05) is 45.8 Å². The first-order chi connectivity index (χ1) is 23.5. The molecule has 0 unspecified atom stereocenters. The van der Waals surface area contributed by atoms with Gasteiger partial charge in [-0.2, -0.15) is 0 Å². The van der Waals surface area contributed by atoms with Crippen molar-refractivity contribution in [1.29, 1.82) is 0 Å². The van der Waals surface area contributed by atoms with Crippen LogP contribution in [0.4, 0.5) is 17.1 Å². The van der Waals surface area contributed by atoms with Crippen LogP contribution in [0.1, 0.15) is 112 Å². The lowest BCUT2D eigenvalue weighted by atomic mass is 9.81. The summed E-state index contributed by atoms with van der Waals surface area (Å²) in [6.45, 7) is 4.86. The Morgan fingerprint density at radius 3 is 1.71 bits per heavy atom. The van der Waals surface area contributed by atoms with Gasteiger partial charge in [-0.05, 0) is 113 Å². The Labute approximate surface area is 286 Å². The number of para-hydroxylation sites is 1. The lowest BCUT2D eigenvalue weighted by Gasteiger charge is -2.29. The average Bonchev–Trinajstić information content (AvgIpc) is 3.56. The van der Waals surface area contributed by atoms with Crippen molar-refractivity contribution in [2.75, 3.05) is 4.90 Å². The van der Waals surface area contributed by atoms with Gasteiger partial charge in [0.1, 0.15) is 0 Å². The first-order valence-corrected chi connectivity index (χ1v) is 18.6. The molecule has 0 spiro atoms. The molecule has 48 heavy (non-hydrogen) atoms. The van der Waals surface area contributed by atoms with Crippen molar-refractivity contribution >= 4 is 38.9 Å². The summed E-state index contributed by atoms with van der Waals surface area (Å²) >= 11 is 0. The fourth-order valence-corrected chi connectivity index (χ4v) is 9.80. The third kappa shape index (κ3) is 4.74. The van der Waals surface area contributed by atoms with Crippen molar-refractivity contribution in [3.8, 4) is 11.1 Å². The molecule has 0 bridgehead atoms. The minimum Gasteiger partial charge on any atom is -0.343 e. The SMILES string of the molecule is Cn1c2ccccc2c2ccc3c(c21)C(C)(C)c1cc(N(c2ccc(C4CCCCC4)cc2)c2ccc(C4CCCCC4)cc2)ccc1-3. The third-order valence-corrected chi connectivity index (χ3v) is 12.4. The average molecular weight is 629 g/mol. The molecular formula is C46H48N2. The van der Waals surface area contributed by atoms with E-state index in [9.17, 15) is 0 Å². The molecule has 0 saturated heterocycles. The molecule has 3 aliphatic rings. The minimum absolute atomic E-state index is 0.135. The van der Waals surface area contributed by atoms with Gasteiger partial charge in [0.05, 0.1) is 5.52 Å². The highest BCUT2D eigenvalue weighted by molar-refractivity contribution is 6.12. The fraction of sp³-hybridized carbons (Fsp3) is 0.348. The molecule has 5 aromatic carbocycles. The zero-order chi connectivity index (χ0) is 32.4. The highest BCUT2D eigenvalue weighted by Crippen LogP contribution is 2.54. The molecule has 0 amide bonds. The van der Waals surface area contributed by atoms with Crippen LogP contribution in [-0.2, 0) is 12.5 Å². The quantitative estimate of drug-likeness (QED) is 0.184. The summed E-state index contributed by atoms with van der Waals surface area (Å²) in [5.74, 6) is 1.42. The van der Waals surface area contributed by atoms with Gasteiger partial charge in [0.2, 0.25) is 0 Å². The predicted molar refractivity (Wildman–Crippen MR) is 204 cm³/mol. The van der Waals surface area contributed by atoms with Crippen molar-refractivity contribution in [3.63, 3.8) is 0 Å². The first kappa shape index (κ1) is 29.8. The second-order valence-electron chi connectivity index (χ2n) is 15.5. The van der Waals surface area contributed by atoms with Crippen molar-refractivity contribution in [3.05, 3.63) is 125 Å². The maximum atomic E-state index is 2.50. The molecule has 2 nitrogen and oxygen atoms in total. The van der Waals surface area contributed by atoms with E-state index in [-0.39, 0.29) is 5.41 Å². The third-order valence-electron chi connectivity index (χ3n) is 12.4. The number of hydrogen-bond acceptors (Lipinski definition) is 1. The summed E-state index contributed by atoms with van der Waals surface area (Å²) in [4.78, 5) is 2.50. The number of benzene rings is 5. The first-order valence-electron chi connectivity index (χ1n) is 18.6. The second kappa shape index (κ2) is 11.7. The minimum atomic E-state index is -0.135. The molecule has 0 radical (unpaired) electrons. The number of fused-ring (bicyclic) bond motifs is 7. The molecule has 0 aliphatic heterocycles. The van der Waals surface area contributed by atoms with E-state index in [0.29, 0.717) is 11.8 Å². The van der Waals surface area contributed by atoms with Crippen LogP contribution in [0.5, 0.6) is 0 Å². The summed E-state index contributed by atoms with van der Waals surface area (Å²) < 4.78 is 2.42. The van der Waals surface area contributed by atoms with Gasteiger partial charge in [0.25, 0.3) is 0 Å². The predicted octanol–water partition coefficient (Wildman–Crippen LogP) is 13.2. The monoisotopic (exact) mass is 628 g/mol. The number of aromatic nitrogens is 1. The van der Waals surface area contributed by atoms with Gasteiger partial charge >= 0.3 is 0 Å². The maximum Gasteiger partial charge on any atom is 0.0536 e. The normalized spacial score (nSPS) is 17.9. The molecule has 0 N–H and O–H groups in total. The van der Waals surface area contributed by atoms with Crippen LogP contribution in [0, 0.1) is 0 Å². The van der Waals surface area contributed by atoms with E-state index in [4.69, 9.17) is 0 Å². The Hall–Kier alpha value is -4.30. The molecule has 1 aromatic heterocycles. The number of nitrogens with zero attached hydrogens (tertiary/aromatic N) is 2. The molecule has 2 fully saturated rings. The van der Waals surface area contributed by atoms with Crippen LogP contribution in [0.3, 0.4) is 0 Å². The molecule has 242 valence electrons. The maximum absolute atomic E-state index is 2.50. The second-order valence-corrected chi connectivity index (χ2v) is 15.5. The van der Waals surface area contributed by atoms with Crippen LogP contribution in [0.25, 0.3) is 32.9 Å². The number of aryl methyl sites for hydroxylation is 1. The Bertz CT molecular complexity index is 2060. The Morgan fingerprint density at radius 1 is 0.562 bits per heavy atom. The summed E-state index contributed by atoms with van der Waals surface area (Å²) in [7, 11) is 2.24. The van der Waals surface area contributed by atoms with E-state index in [2.05, 4.69) is 133 Å². The van der Waals surface area contributed by atoms with Crippen LogP contribution in [0.2, 0.25) is 0 Å². The molecule has 2 saturated carbocycles. The Balaban J connectivity index is 1.15. The molecule has 9 rings (SSSR count). The Kier molecular flexibility index (Phi) is 7.26. The van der Waals surface area contributed by atoms with Crippen molar-refractivity contribution in [1.82, 2.24) is 4.57 Å². The van der Waals surface area contributed by atoms with Gasteiger partial charge < -0.3 is 9.47 Å². The largest absolute Gasteiger partial charge is 0.343 e. The van der Waals surface area contributed by atoms with Gasteiger partial charge in [-0.3, -0.25) is 0 Å². The van der Waals surface area contributed by atoms with E-state index in [1.165, 1.54) is 136 Å². The summed E-state index contributed by atoms with van der Waals surface area (Å²) in [6.07, 6.45) is 13.6. The highest BCUT2D eigenvalue weighted by atomic mass is 15.1. The smallest absolute Gasteiger partial charge is 0.0536 e. The number of anilines is 3. The molecule has 0 atom stereocenters. The van der Waals surface area contributed by atoms with Gasteiger partial charge in [-0.1, -0.05) is 113 Å². The van der Waals surface area contributed by atoms with Crippen molar-refractivity contribution < 1.29 is 0 Å². The van der Waals surface area contributed by atoms with Gasteiger partial charge in [-0.25, -0.2) is 0 Å². The number of hydrogen-bond donors (Lipinski definition) is 0. The molecule has 1 heterocycles. The standard InChI is InChI=1S/C46H48N2/c1-46(2)42-30-37(26-27-38(42)40-28-29-41-39-16-10-11-17-43(39)47(3)45(41)44(40)46)48(35-22-18-33(19-23-35)31-12-6-4-7-13-31)36-24-20-34(21-25-36)32-14-8-5-9-15-32/h10-11,16-32H,4-9,12-15H2,1-3H3. The zero-order valence-electron chi connectivity index (χ0n) is 28.9. The van der Waals surface area contributed by atoms with E-state index in [0.717, 1.165) is 0 Å². The van der Waals surface area contributed by atoms with E-state index >= 15 is 0 Å². The van der Waals surface area contributed by atoms with E-state index in [1.54, 1.807) is 0 Å². The number of rotatable bonds is 5. The zero-order valence-corrected chi connectivity index (χ0v) is 28.9. The van der Waals surface area contributed by atoms with E-state index < -0.39 is 0 Å². The molecule has 3 aliphatic carbocycles. The van der Waals surface area contributed by atoms with Crippen LogP contribution < -0.4 is 4.90 Å². The van der Waals surface area contributed by atoms with Gasteiger partial charge in [0.15, 0.2) is 0 Å². The summed E-state index contributed by atoms with van der Waals surface area (Å²) in [5.41, 5.74) is 14.9. The van der Waals surface area contributed by atoms with Crippen molar-refractivity contribution in [2.45, 2.75) is 95.3 Å². The Morgan fingerprint density at radius 2 is 1.10 bits per heavy atom. The van der Waals surface area contributed by atoms with Crippen molar-refractivity contribution in [2.24, 2.45) is 7.05 Å².